The van der Waals surface area contributed by atoms with E-state index in [1.54, 1.807) is 12.1 Å². The van der Waals surface area contributed by atoms with Gasteiger partial charge in [-0.15, -0.1) is 11.3 Å². The van der Waals surface area contributed by atoms with Gasteiger partial charge < -0.3 is 15.0 Å². The molecule has 1 aliphatic rings. The predicted molar refractivity (Wildman–Crippen MR) is 95.2 cm³/mol. The van der Waals surface area contributed by atoms with Gasteiger partial charge in [-0.1, -0.05) is 18.0 Å². The third-order valence-electron chi connectivity index (χ3n) is 4.58. The lowest BCUT2D eigenvalue weighted by Crippen LogP contribution is -2.34. The molecule has 8 heteroatoms. The Balaban J connectivity index is 1.50. The van der Waals surface area contributed by atoms with Crippen molar-refractivity contribution in [3.05, 3.63) is 46.6 Å². The molecule has 1 saturated carbocycles. The molecule has 3 aromatic rings. The number of halogens is 1. The highest BCUT2D eigenvalue weighted by Gasteiger charge is 2.36. The van der Waals surface area contributed by atoms with Gasteiger partial charge in [-0.2, -0.15) is 4.98 Å². The second kappa shape index (κ2) is 6.77. The zero-order chi connectivity index (χ0) is 18.1. The third-order valence-corrected chi connectivity index (χ3v) is 5.70. The summed E-state index contributed by atoms with van der Waals surface area (Å²) in [7, 11) is 0. The summed E-state index contributed by atoms with van der Waals surface area (Å²) in [4.78, 5) is 9.85. The lowest BCUT2D eigenvalue weighted by molar-refractivity contribution is 0.305. The van der Waals surface area contributed by atoms with Crippen molar-refractivity contribution in [2.45, 2.75) is 44.8 Å². The van der Waals surface area contributed by atoms with Gasteiger partial charge >= 0.3 is 0 Å². The van der Waals surface area contributed by atoms with Crippen molar-refractivity contribution in [3.8, 4) is 16.5 Å². The maximum Gasteiger partial charge on any atom is 0.269 e. The van der Waals surface area contributed by atoms with Gasteiger partial charge in [0.15, 0.2) is 5.82 Å². The Morgan fingerprint density at radius 3 is 2.69 bits per heavy atom. The van der Waals surface area contributed by atoms with Crippen LogP contribution < -0.4 is 10.5 Å². The van der Waals surface area contributed by atoms with Gasteiger partial charge in [0.25, 0.3) is 5.89 Å². The minimum absolute atomic E-state index is 0.291. The fourth-order valence-electron chi connectivity index (χ4n) is 3.14. The van der Waals surface area contributed by atoms with E-state index in [1.807, 2.05) is 6.92 Å². The van der Waals surface area contributed by atoms with Crippen LogP contribution >= 0.6 is 11.3 Å². The van der Waals surface area contributed by atoms with Crippen molar-refractivity contribution < 1.29 is 13.7 Å². The predicted octanol–water partition coefficient (Wildman–Crippen LogP) is 3.95. The Hall–Kier alpha value is -2.32. The highest BCUT2D eigenvalue weighted by Crippen LogP contribution is 2.36. The van der Waals surface area contributed by atoms with E-state index in [9.17, 15) is 4.39 Å². The molecule has 0 aliphatic heterocycles. The molecular formula is C18H19FN4O2S. The Morgan fingerprint density at radius 2 is 1.96 bits per heavy atom. The van der Waals surface area contributed by atoms with Gasteiger partial charge in [0.1, 0.15) is 28.1 Å². The minimum atomic E-state index is -0.477. The lowest BCUT2D eigenvalue weighted by atomic mass is 9.99. The van der Waals surface area contributed by atoms with Gasteiger partial charge in [-0.25, -0.2) is 9.37 Å². The average Bonchev–Trinajstić information content (AvgIpc) is 3.34. The van der Waals surface area contributed by atoms with Crippen LogP contribution in [0.3, 0.4) is 0 Å². The number of thiazole rings is 1. The van der Waals surface area contributed by atoms with E-state index in [-0.39, 0.29) is 5.82 Å². The smallest absolute Gasteiger partial charge is 0.269 e. The van der Waals surface area contributed by atoms with Crippen LogP contribution in [-0.2, 0) is 12.1 Å². The fraction of sp³-hybridized carbons (Fsp3) is 0.389. The molecule has 2 heterocycles. The molecule has 1 aromatic carbocycles. The molecule has 2 aromatic heterocycles. The van der Waals surface area contributed by atoms with E-state index in [0.29, 0.717) is 24.1 Å². The summed E-state index contributed by atoms with van der Waals surface area (Å²) in [5.41, 5.74) is 6.72. The topological polar surface area (TPSA) is 87.1 Å². The molecular weight excluding hydrogens is 355 g/mol. The van der Waals surface area contributed by atoms with Crippen molar-refractivity contribution in [1.29, 1.82) is 0 Å². The summed E-state index contributed by atoms with van der Waals surface area (Å²) in [5.74, 6) is 1.31. The van der Waals surface area contributed by atoms with E-state index in [4.69, 9.17) is 15.0 Å². The monoisotopic (exact) mass is 374 g/mol. The standard InChI is InChI=1S/C18H19FN4O2S/c1-11-15(16-22-17(23-25-16)18(20)8-2-3-9-18)26-14(21-11)10-24-13-6-4-12(19)5-7-13/h4-7H,2-3,8-10,20H2,1H3. The number of aromatic nitrogens is 3. The zero-order valence-electron chi connectivity index (χ0n) is 14.4. The summed E-state index contributed by atoms with van der Waals surface area (Å²) in [5, 5.41) is 4.88. The van der Waals surface area contributed by atoms with E-state index < -0.39 is 5.54 Å². The maximum atomic E-state index is 12.9. The number of ether oxygens (including phenoxy) is 1. The molecule has 26 heavy (non-hydrogen) atoms. The quantitative estimate of drug-likeness (QED) is 0.728. The third kappa shape index (κ3) is 3.34. The van der Waals surface area contributed by atoms with E-state index in [2.05, 4.69) is 15.1 Å². The highest BCUT2D eigenvalue weighted by atomic mass is 32.1. The molecule has 0 radical (unpaired) electrons. The number of nitrogens with zero attached hydrogens (tertiary/aromatic N) is 3. The largest absolute Gasteiger partial charge is 0.486 e. The molecule has 0 spiro atoms. The SMILES string of the molecule is Cc1nc(COc2ccc(F)cc2)sc1-c1nc(C2(N)CCCC2)no1. The van der Waals surface area contributed by atoms with E-state index in [1.165, 1.54) is 23.5 Å². The first-order chi connectivity index (χ1) is 12.5. The Labute approximate surface area is 154 Å². The zero-order valence-corrected chi connectivity index (χ0v) is 15.2. The number of nitrogens with two attached hydrogens (primary N) is 1. The molecule has 0 amide bonds. The number of hydrogen-bond acceptors (Lipinski definition) is 7. The molecule has 0 unspecified atom stereocenters. The van der Waals surface area contributed by atoms with Crippen LogP contribution in [0.5, 0.6) is 5.75 Å². The minimum Gasteiger partial charge on any atom is -0.486 e. The van der Waals surface area contributed by atoms with Crippen LogP contribution in [0.1, 0.15) is 42.2 Å². The number of benzene rings is 1. The van der Waals surface area contributed by atoms with Crippen LogP contribution in [-0.4, -0.2) is 15.1 Å². The number of rotatable bonds is 5. The van der Waals surface area contributed by atoms with E-state index in [0.717, 1.165) is 41.3 Å². The molecule has 136 valence electrons. The normalized spacial score (nSPS) is 16.1. The lowest BCUT2D eigenvalue weighted by Gasteiger charge is -2.17. The first-order valence-electron chi connectivity index (χ1n) is 8.52. The molecule has 6 nitrogen and oxygen atoms in total. The van der Waals surface area contributed by atoms with Crippen LogP contribution in [0.15, 0.2) is 28.8 Å². The molecule has 2 N–H and O–H groups in total. The van der Waals surface area contributed by atoms with Crippen molar-refractivity contribution >= 4 is 11.3 Å². The van der Waals surface area contributed by atoms with Gasteiger partial charge in [-0.05, 0) is 44.0 Å². The van der Waals surface area contributed by atoms with Crippen LogP contribution in [0, 0.1) is 12.7 Å². The first kappa shape index (κ1) is 17.1. The number of aryl methyl sites for hydroxylation is 1. The van der Waals surface area contributed by atoms with Crippen molar-refractivity contribution in [2.24, 2.45) is 5.73 Å². The Bertz CT molecular complexity index is 900. The first-order valence-corrected chi connectivity index (χ1v) is 9.33. The summed E-state index contributed by atoms with van der Waals surface area (Å²) < 4.78 is 24.0. The summed E-state index contributed by atoms with van der Waals surface area (Å²) in [6.45, 7) is 2.18. The molecule has 0 bridgehead atoms. The molecule has 0 saturated heterocycles. The number of hydrogen-bond donors (Lipinski definition) is 1. The second-order valence-corrected chi connectivity index (χ2v) is 7.63. The second-order valence-electron chi connectivity index (χ2n) is 6.55. The summed E-state index contributed by atoms with van der Waals surface area (Å²) in [6, 6.07) is 5.89. The fourth-order valence-corrected chi connectivity index (χ4v) is 4.04. The van der Waals surface area contributed by atoms with Crippen LogP contribution in [0.4, 0.5) is 4.39 Å². The van der Waals surface area contributed by atoms with Crippen molar-refractivity contribution in [2.75, 3.05) is 0 Å². The van der Waals surface area contributed by atoms with Gasteiger partial charge in [0.2, 0.25) is 0 Å². The molecule has 1 fully saturated rings. The van der Waals surface area contributed by atoms with Crippen LogP contribution in [0.25, 0.3) is 10.8 Å². The molecule has 0 atom stereocenters. The van der Waals surface area contributed by atoms with Crippen LogP contribution in [0.2, 0.25) is 0 Å². The Kier molecular flexibility index (Phi) is 4.46. The van der Waals surface area contributed by atoms with Gasteiger partial charge in [-0.3, -0.25) is 0 Å². The van der Waals surface area contributed by atoms with E-state index >= 15 is 0 Å². The summed E-state index contributed by atoms with van der Waals surface area (Å²) >= 11 is 1.44. The Morgan fingerprint density at radius 1 is 1.23 bits per heavy atom. The molecule has 4 rings (SSSR count). The summed E-state index contributed by atoms with van der Waals surface area (Å²) in [6.07, 6.45) is 3.93. The average molecular weight is 374 g/mol. The van der Waals surface area contributed by atoms with Crippen molar-refractivity contribution in [1.82, 2.24) is 15.1 Å². The highest BCUT2D eigenvalue weighted by molar-refractivity contribution is 7.15. The van der Waals surface area contributed by atoms with Gasteiger partial charge in [0.05, 0.1) is 11.2 Å². The van der Waals surface area contributed by atoms with Gasteiger partial charge in [0, 0.05) is 0 Å². The molecule has 1 aliphatic carbocycles. The van der Waals surface area contributed by atoms with Crippen molar-refractivity contribution in [3.63, 3.8) is 0 Å². The maximum absolute atomic E-state index is 12.9.